The fourth-order valence-electron chi connectivity index (χ4n) is 4.88. The maximum atomic E-state index is 11.2. The van der Waals surface area contributed by atoms with Gasteiger partial charge in [-0.3, -0.25) is 9.69 Å². The lowest BCUT2D eigenvalue weighted by molar-refractivity contribution is 0.112. The lowest BCUT2D eigenvalue weighted by Gasteiger charge is -2.26. The summed E-state index contributed by atoms with van der Waals surface area (Å²) in [4.78, 5) is 15.7. The number of fused-ring (bicyclic) bond motifs is 1. The Labute approximate surface area is 248 Å². The predicted molar refractivity (Wildman–Crippen MR) is 168 cm³/mol. The average molecular weight is 582 g/mol. The molecule has 0 atom stereocenters. The molecule has 1 saturated heterocycles. The van der Waals surface area contributed by atoms with Crippen molar-refractivity contribution >= 4 is 39.8 Å². The summed E-state index contributed by atoms with van der Waals surface area (Å²) in [7, 11) is 0. The van der Waals surface area contributed by atoms with E-state index in [9.17, 15) is 4.79 Å². The molecule has 0 bridgehead atoms. The van der Waals surface area contributed by atoms with Crippen LogP contribution in [0.4, 0.5) is 0 Å². The second kappa shape index (κ2) is 13.3. The number of aldehydes is 1. The van der Waals surface area contributed by atoms with Gasteiger partial charge in [0.25, 0.3) is 0 Å². The molecule has 41 heavy (non-hydrogen) atoms. The molecule has 0 N–H and O–H groups in total. The van der Waals surface area contributed by atoms with Crippen molar-refractivity contribution < 1.29 is 18.5 Å². The predicted octanol–water partition coefficient (Wildman–Crippen LogP) is 9.12. The Bertz CT molecular complexity index is 1580. The minimum absolute atomic E-state index is 0.641. The Hall–Kier alpha value is -3.78. The van der Waals surface area contributed by atoms with Crippen LogP contribution in [0.2, 0.25) is 0 Å². The number of thiophene rings is 1. The molecule has 0 amide bonds. The van der Waals surface area contributed by atoms with Crippen molar-refractivity contribution in [3.8, 4) is 33.4 Å². The average Bonchev–Trinajstić information content (AvgIpc) is 3.39. The molecule has 1 aliphatic heterocycles. The number of hydrogen-bond donors (Lipinski definition) is 0. The normalized spacial score (nSPS) is 13.7. The van der Waals surface area contributed by atoms with Crippen molar-refractivity contribution in [3.63, 3.8) is 0 Å². The monoisotopic (exact) mass is 581 g/mol. The maximum Gasteiger partial charge on any atom is 0.153 e. The van der Waals surface area contributed by atoms with Crippen LogP contribution in [0.1, 0.15) is 29.6 Å². The fraction of sp³-hybridized carbons (Fsp3) is 0.206. The zero-order valence-electron chi connectivity index (χ0n) is 22.7. The van der Waals surface area contributed by atoms with Gasteiger partial charge in [0.2, 0.25) is 0 Å². The van der Waals surface area contributed by atoms with Gasteiger partial charge >= 0.3 is 0 Å². The molecule has 7 heteroatoms. The standard InChI is InChI=1S/C34H31NO4S2/c36-24-25-9-11-26(12-10-25)34-33(31-18-17-29(23-32(31)40-34)39-41-30-7-3-1-4-8-30)38-28-15-13-27(14-16-28)37-22-21-35-19-5-2-6-20-35/h1,3-4,7-18,23-24H,2,5-6,19-22H2. The molecule has 208 valence electrons. The number of carbonyl (C=O) groups excluding carboxylic acids is 1. The van der Waals surface area contributed by atoms with E-state index in [0.717, 1.165) is 61.3 Å². The number of likely N-dealkylation sites (tertiary alicyclic amines) is 1. The minimum atomic E-state index is 0.641. The summed E-state index contributed by atoms with van der Waals surface area (Å²) < 4.78 is 19.6. The van der Waals surface area contributed by atoms with Gasteiger partial charge in [-0.25, -0.2) is 0 Å². The lowest BCUT2D eigenvalue weighted by atomic mass is 10.1. The smallest absolute Gasteiger partial charge is 0.153 e. The molecule has 0 saturated carbocycles. The molecular weight excluding hydrogens is 551 g/mol. The number of hydrogen-bond acceptors (Lipinski definition) is 7. The van der Waals surface area contributed by atoms with E-state index in [2.05, 4.69) is 4.90 Å². The van der Waals surface area contributed by atoms with Crippen LogP contribution in [-0.2, 0) is 0 Å². The molecule has 2 heterocycles. The summed E-state index contributed by atoms with van der Waals surface area (Å²) in [6.45, 7) is 3.99. The number of rotatable bonds is 11. The van der Waals surface area contributed by atoms with Gasteiger partial charge in [-0.2, -0.15) is 0 Å². The first-order valence-electron chi connectivity index (χ1n) is 13.9. The quantitative estimate of drug-likeness (QED) is 0.115. The first kappa shape index (κ1) is 27.4. The number of ether oxygens (including phenoxy) is 2. The van der Waals surface area contributed by atoms with E-state index in [1.807, 2.05) is 97.1 Å². The van der Waals surface area contributed by atoms with Gasteiger partial charge in [0.1, 0.15) is 30.1 Å². The Morgan fingerprint density at radius 2 is 1.54 bits per heavy atom. The molecule has 6 rings (SSSR count). The topological polar surface area (TPSA) is 48.0 Å². The van der Waals surface area contributed by atoms with E-state index in [-0.39, 0.29) is 0 Å². The first-order valence-corrected chi connectivity index (χ1v) is 15.5. The van der Waals surface area contributed by atoms with Crippen LogP contribution >= 0.6 is 23.4 Å². The fourth-order valence-corrected chi connectivity index (χ4v) is 6.61. The van der Waals surface area contributed by atoms with Crippen LogP contribution < -0.4 is 13.7 Å². The lowest BCUT2D eigenvalue weighted by Crippen LogP contribution is -2.33. The van der Waals surface area contributed by atoms with Crippen LogP contribution in [-0.4, -0.2) is 37.4 Å². The maximum absolute atomic E-state index is 11.2. The van der Waals surface area contributed by atoms with Gasteiger partial charge in [-0.15, -0.1) is 11.3 Å². The molecule has 5 aromatic rings. The van der Waals surface area contributed by atoms with Crippen LogP contribution in [0.3, 0.4) is 0 Å². The molecule has 4 aromatic carbocycles. The molecule has 0 spiro atoms. The third-order valence-electron chi connectivity index (χ3n) is 7.07. The zero-order valence-corrected chi connectivity index (χ0v) is 24.3. The number of nitrogens with zero attached hydrogens (tertiary/aromatic N) is 1. The van der Waals surface area contributed by atoms with Crippen LogP contribution in [0.25, 0.3) is 20.5 Å². The van der Waals surface area contributed by atoms with Crippen LogP contribution in [0, 0.1) is 0 Å². The van der Waals surface area contributed by atoms with Crippen LogP contribution in [0.5, 0.6) is 23.0 Å². The zero-order chi connectivity index (χ0) is 27.9. The molecule has 1 aromatic heterocycles. The van der Waals surface area contributed by atoms with Crippen LogP contribution in [0.15, 0.2) is 102 Å². The van der Waals surface area contributed by atoms with Gasteiger partial charge in [-0.05, 0) is 86.1 Å². The highest BCUT2D eigenvalue weighted by Crippen LogP contribution is 2.47. The Morgan fingerprint density at radius 1 is 0.805 bits per heavy atom. The molecule has 5 nitrogen and oxygen atoms in total. The van der Waals surface area contributed by atoms with E-state index >= 15 is 0 Å². The first-order chi connectivity index (χ1) is 20.2. The number of benzene rings is 4. The van der Waals surface area contributed by atoms with E-state index in [4.69, 9.17) is 13.7 Å². The molecule has 1 aliphatic rings. The van der Waals surface area contributed by atoms with E-state index < -0.39 is 0 Å². The third kappa shape index (κ3) is 6.93. The largest absolute Gasteiger partial charge is 0.492 e. The van der Waals surface area contributed by atoms with E-state index in [1.165, 1.54) is 44.4 Å². The highest BCUT2D eigenvalue weighted by atomic mass is 32.2. The Morgan fingerprint density at radius 3 is 2.29 bits per heavy atom. The molecule has 0 radical (unpaired) electrons. The summed E-state index contributed by atoms with van der Waals surface area (Å²) in [6.07, 6.45) is 4.77. The molecular formula is C34H31NO4S2. The second-order valence-corrected chi connectivity index (χ2v) is 11.8. The van der Waals surface area contributed by atoms with E-state index in [1.54, 1.807) is 11.3 Å². The molecule has 0 aliphatic carbocycles. The van der Waals surface area contributed by atoms with Gasteiger partial charge in [0, 0.05) is 27.1 Å². The van der Waals surface area contributed by atoms with Crippen molar-refractivity contribution in [2.75, 3.05) is 26.2 Å². The van der Waals surface area contributed by atoms with Crippen molar-refractivity contribution in [2.45, 2.75) is 24.2 Å². The highest BCUT2D eigenvalue weighted by molar-refractivity contribution is 7.95. The van der Waals surface area contributed by atoms with Crippen molar-refractivity contribution in [2.24, 2.45) is 0 Å². The van der Waals surface area contributed by atoms with Gasteiger partial charge in [0.05, 0.1) is 16.9 Å². The molecule has 1 fully saturated rings. The summed E-state index contributed by atoms with van der Waals surface area (Å²) in [5, 5.41) is 1.00. The minimum Gasteiger partial charge on any atom is -0.492 e. The highest BCUT2D eigenvalue weighted by Gasteiger charge is 2.18. The SMILES string of the molecule is O=Cc1ccc(-c2sc3cc(OSc4ccccc4)ccc3c2Oc2ccc(OCCN3CCCCC3)cc2)cc1. The second-order valence-electron chi connectivity index (χ2n) is 9.96. The van der Waals surface area contributed by atoms with Gasteiger partial charge in [0.15, 0.2) is 5.75 Å². The number of carbonyl (C=O) groups is 1. The third-order valence-corrected chi connectivity index (χ3v) is 8.99. The molecule has 0 unspecified atom stereocenters. The van der Waals surface area contributed by atoms with Crippen molar-refractivity contribution in [1.82, 2.24) is 4.90 Å². The van der Waals surface area contributed by atoms with E-state index in [0.29, 0.717) is 12.2 Å². The Kier molecular flexibility index (Phi) is 8.86. The summed E-state index contributed by atoms with van der Waals surface area (Å²) >= 11 is 2.98. The summed E-state index contributed by atoms with van der Waals surface area (Å²) in [5.41, 5.74) is 1.63. The van der Waals surface area contributed by atoms with Gasteiger partial charge < -0.3 is 13.7 Å². The number of piperidine rings is 1. The van der Waals surface area contributed by atoms with Crippen molar-refractivity contribution in [1.29, 1.82) is 0 Å². The summed E-state index contributed by atoms with van der Waals surface area (Å²) in [6, 6.07) is 31.5. The Balaban J connectivity index is 1.22. The van der Waals surface area contributed by atoms with Crippen molar-refractivity contribution in [3.05, 3.63) is 103 Å². The van der Waals surface area contributed by atoms with Gasteiger partial charge in [-0.1, -0.05) is 48.9 Å². The summed E-state index contributed by atoms with van der Waals surface area (Å²) in [5.74, 6) is 3.13.